The van der Waals surface area contributed by atoms with Crippen LogP contribution in [0.2, 0.25) is 0 Å². The largest absolute Gasteiger partial charge is 0.455 e. The van der Waals surface area contributed by atoms with Crippen molar-refractivity contribution in [2.45, 2.75) is 0 Å². The predicted molar refractivity (Wildman–Crippen MR) is 243 cm³/mol. The molecule has 1 heteroatoms. The van der Waals surface area contributed by atoms with E-state index in [1.54, 1.807) is 0 Å². The van der Waals surface area contributed by atoms with E-state index in [1.807, 2.05) is 0 Å². The average Bonchev–Trinajstić information content (AvgIpc) is 3.68. The molecule has 0 aliphatic carbocycles. The van der Waals surface area contributed by atoms with Crippen molar-refractivity contribution >= 4 is 75.8 Å². The Bertz CT molecular complexity index is 3500. The van der Waals surface area contributed by atoms with E-state index < -0.39 is 0 Å². The molecular weight excluding hydrogens is 689 g/mol. The number of hydrogen-bond acceptors (Lipinski definition) is 1. The van der Waals surface area contributed by atoms with E-state index in [0.717, 1.165) is 27.5 Å². The summed E-state index contributed by atoms with van der Waals surface area (Å²) in [7, 11) is 0. The van der Waals surface area contributed by atoms with Crippen molar-refractivity contribution < 1.29 is 4.42 Å². The van der Waals surface area contributed by atoms with Gasteiger partial charge in [-0.1, -0.05) is 194 Å². The lowest BCUT2D eigenvalue weighted by Crippen LogP contribution is -1.92. The summed E-state index contributed by atoms with van der Waals surface area (Å²) >= 11 is 0. The zero-order valence-electron chi connectivity index (χ0n) is 31.0. The molecule has 264 valence electrons. The van der Waals surface area contributed by atoms with Gasteiger partial charge in [-0.05, 0) is 99.4 Å². The van der Waals surface area contributed by atoms with Crippen molar-refractivity contribution in [2.75, 3.05) is 0 Å². The van der Waals surface area contributed by atoms with E-state index >= 15 is 0 Å². The summed E-state index contributed by atoms with van der Waals surface area (Å²) in [5.41, 5.74) is 11.4. The first-order valence-electron chi connectivity index (χ1n) is 19.7. The Balaban J connectivity index is 1.12. The molecule has 0 fully saturated rings. The van der Waals surface area contributed by atoms with Crippen LogP contribution >= 0.6 is 0 Å². The minimum atomic E-state index is 0.891. The SMILES string of the molecule is c1ccc(-c2ccc(-c3c4ccccc4c(-c4ccc(-c5cccc6c5ccc5c7ccccc7ccc65)c5c4oc4ccccc45)c4ccccc34)cc2)cc1. The fourth-order valence-electron chi connectivity index (χ4n) is 9.53. The number of rotatable bonds is 4. The van der Waals surface area contributed by atoms with Gasteiger partial charge < -0.3 is 4.42 Å². The quantitative estimate of drug-likeness (QED) is 0.130. The van der Waals surface area contributed by atoms with Gasteiger partial charge in [0.05, 0.1) is 0 Å². The highest BCUT2D eigenvalue weighted by atomic mass is 16.3. The zero-order valence-corrected chi connectivity index (χ0v) is 31.0. The Hall–Kier alpha value is -7.48. The molecule has 12 aromatic rings. The molecule has 0 aliphatic rings. The minimum Gasteiger partial charge on any atom is -0.455 e. The number of benzene rings is 11. The smallest absolute Gasteiger partial charge is 0.143 e. The molecule has 12 rings (SSSR count). The van der Waals surface area contributed by atoms with Crippen molar-refractivity contribution in [1.29, 1.82) is 0 Å². The van der Waals surface area contributed by atoms with Gasteiger partial charge in [-0.25, -0.2) is 0 Å². The molecule has 1 heterocycles. The summed E-state index contributed by atoms with van der Waals surface area (Å²) in [6, 6.07) is 75.1. The molecule has 11 aromatic carbocycles. The van der Waals surface area contributed by atoms with Crippen LogP contribution in [0.1, 0.15) is 0 Å². The molecule has 1 nitrogen and oxygen atoms in total. The fraction of sp³-hybridized carbons (Fsp3) is 0. The molecule has 0 atom stereocenters. The van der Waals surface area contributed by atoms with E-state index in [9.17, 15) is 0 Å². The molecule has 0 spiro atoms. The highest BCUT2D eigenvalue weighted by Crippen LogP contribution is 2.49. The Morgan fingerprint density at radius 2 is 0.754 bits per heavy atom. The van der Waals surface area contributed by atoms with Crippen molar-refractivity contribution in [3.05, 3.63) is 206 Å². The first-order valence-corrected chi connectivity index (χ1v) is 19.7. The topological polar surface area (TPSA) is 13.1 Å². The highest BCUT2D eigenvalue weighted by Gasteiger charge is 2.23. The van der Waals surface area contributed by atoms with E-state index in [2.05, 4.69) is 206 Å². The van der Waals surface area contributed by atoms with Gasteiger partial charge in [0, 0.05) is 21.9 Å². The Kier molecular flexibility index (Phi) is 7.00. The number of fused-ring (bicyclic) bond motifs is 10. The van der Waals surface area contributed by atoms with Gasteiger partial charge >= 0.3 is 0 Å². The first kappa shape index (κ1) is 31.8. The third-order valence-corrected chi connectivity index (χ3v) is 12.1. The monoisotopic (exact) mass is 722 g/mol. The van der Waals surface area contributed by atoms with Crippen LogP contribution in [0.4, 0.5) is 0 Å². The second-order valence-electron chi connectivity index (χ2n) is 15.1. The maximum atomic E-state index is 7.00. The van der Waals surface area contributed by atoms with E-state index in [0.29, 0.717) is 0 Å². The molecule has 0 saturated heterocycles. The second kappa shape index (κ2) is 12.5. The average molecular weight is 723 g/mol. The van der Waals surface area contributed by atoms with Gasteiger partial charge in [-0.15, -0.1) is 0 Å². The Morgan fingerprint density at radius 3 is 1.51 bits per heavy atom. The van der Waals surface area contributed by atoms with Crippen molar-refractivity contribution in [2.24, 2.45) is 0 Å². The second-order valence-corrected chi connectivity index (χ2v) is 15.1. The third kappa shape index (κ3) is 4.83. The standard InChI is InChI=1S/C56H34O/c1-2-13-35(14-3-1)36-25-27-38(28-26-36)53-45-17-6-8-19-47(45)54(48-20-9-7-18-46(48)53)51-34-33-49(55-50-21-10-11-24-52(50)57-56(51)55)41-23-12-22-40-43-30-29-37-15-4-5-16-39(37)42(43)31-32-44(40)41/h1-34H. The van der Waals surface area contributed by atoms with Crippen LogP contribution in [0.5, 0.6) is 0 Å². The first-order chi connectivity index (χ1) is 28.3. The Morgan fingerprint density at radius 1 is 0.246 bits per heavy atom. The summed E-state index contributed by atoms with van der Waals surface area (Å²) in [4.78, 5) is 0. The molecule has 0 N–H and O–H groups in total. The summed E-state index contributed by atoms with van der Waals surface area (Å²) in [5, 5.41) is 14.7. The van der Waals surface area contributed by atoms with Gasteiger partial charge in [0.15, 0.2) is 0 Å². The lowest BCUT2D eigenvalue weighted by atomic mass is 9.84. The molecule has 0 aliphatic heterocycles. The predicted octanol–water partition coefficient (Wildman–Crippen LogP) is 16.0. The molecular formula is C56H34O. The third-order valence-electron chi connectivity index (χ3n) is 12.1. The van der Waals surface area contributed by atoms with Crippen LogP contribution in [0.15, 0.2) is 211 Å². The van der Waals surface area contributed by atoms with Gasteiger partial charge in [-0.3, -0.25) is 0 Å². The number of hydrogen-bond donors (Lipinski definition) is 0. The lowest BCUT2D eigenvalue weighted by Gasteiger charge is -2.19. The van der Waals surface area contributed by atoms with Crippen LogP contribution in [0.3, 0.4) is 0 Å². The highest BCUT2D eigenvalue weighted by molar-refractivity contribution is 6.27. The van der Waals surface area contributed by atoms with Crippen LogP contribution in [0, 0.1) is 0 Å². The van der Waals surface area contributed by atoms with Gasteiger partial charge in [0.25, 0.3) is 0 Å². The maximum absolute atomic E-state index is 7.00. The number of furan rings is 1. The van der Waals surface area contributed by atoms with E-state index in [-0.39, 0.29) is 0 Å². The van der Waals surface area contributed by atoms with Crippen LogP contribution in [-0.2, 0) is 0 Å². The van der Waals surface area contributed by atoms with Gasteiger partial charge in [0.2, 0.25) is 0 Å². The summed E-state index contributed by atoms with van der Waals surface area (Å²) in [5.74, 6) is 0. The number of para-hydroxylation sites is 1. The molecule has 0 radical (unpaired) electrons. The van der Waals surface area contributed by atoms with Gasteiger partial charge in [0.1, 0.15) is 11.2 Å². The fourth-order valence-corrected chi connectivity index (χ4v) is 9.53. The van der Waals surface area contributed by atoms with Crippen LogP contribution in [-0.4, -0.2) is 0 Å². The van der Waals surface area contributed by atoms with Crippen molar-refractivity contribution in [1.82, 2.24) is 0 Å². The molecule has 0 saturated carbocycles. The van der Waals surface area contributed by atoms with Gasteiger partial charge in [-0.2, -0.15) is 0 Å². The van der Waals surface area contributed by atoms with Crippen molar-refractivity contribution in [3.8, 4) is 44.5 Å². The zero-order chi connectivity index (χ0) is 37.5. The maximum Gasteiger partial charge on any atom is 0.143 e. The molecule has 1 aromatic heterocycles. The van der Waals surface area contributed by atoms with Crippen molar-refractivity contribution in [3.63, 3.8) is 0 Å². The summed E-state index contributed by atoms with van der Waals surface area (Å²) in [6.45, 7) is 0. The lowest BCUT2D eigenvalue weighted by molar-refractivity contribution is 0.670. The van der Waals surface area contributed by atoms with Crippen LogP contribution in [0.25, 0.3) is 120 Å². The van der Waals surface area contributed by atoms with E-state index in [1.165, 1.54) is 92.8 Å². The molecule has 57 heavy (non-hydrogen) atoms. The molecule has 0 amide bonds. The summed E-state index contributed by atoms with van der Waals surface area (Å²) in [6.07, 6.45) is 0. The Labute approximate surface area is 329 Å². The normalized spacial score (nSPS) is 11.9. The minimum absolute atomic E-state index is 0.891. The summed E-state index contributed by atoms with van der Waals surface area (Å²) < 4.78 is 7.00. The van der Waals surface area contributed by atoms with E-state index in [4.69, 9.17) is 4.42 Å². The molecule has 0 bridgehead atoms. The molecule has 0 unspecified atom stereocenters. The van der Waals surface area contributed by atoms with Crippen LogP contribution < -0.4 is 0 Å².